The molecular formula is C6H7ClN2S. The first-order valence-electron chi connectivity index (χ1n) is 3.20. The average Bonchev–Trinajstić information content (AvgIpc) is 2.45. The summed E-state index contributed by atoms with van der Waals surface area (Å²) < 4.78 is 4.71. The highest BCUT2D eigenvalue weighted by atomic mass is 35.5. The van der Waals surface area contributed by atoms with Crippen molar-refractivity contribution in [1.82, 2.24) is 9.36 Å². The molecule has 1 aliphatic carbocycles. The van der Waals surface area contributed by atoms with E-state index in [0.717, 1.165) is 5.82 Å². The number of rotatable bonds is 1. The van der Waals surface area contributed by atoms with Crippen LogP contribution in [0.5, 0.6) is 0 Å². The van der Waals surface area contributed by atoms with E-state index in [1.807, 2.05) is 0 Å². The number of hydrogen-bond donors (Lipinski definition) is 0. The highest BCUT2D eigenvalue weighted by molar-refractivity contribution is 7.10. The summed E-state index contributed by atoms with van der Waals surface area (Å²) in [5, 5.41) is 0. The van der Waals surface area contributed by atoms with Crippen molar-refractivity contribution in [2.24, 2.45) is 0 Å². The van der Waals surface area contributed by atoms with Crippen LogP contribution in [-0.2, 0) is 5.41 Å². The van der Waals surface area contributed by atoms with Crippen LogP contribution in [0.2, 0.25) is 4.47 Å². The maximum Gasteiger partial charge on any atom is 0.203 e. The molecule has 1 aromatic rings. The van der Waals surface area contributed by atoms with Crippen molar-refractivity contribution < 1.29 is 0 Å². The van der Waals surface area contributed by atoms with Crippen LogP contribution in [0.4, 0.5) is 0 Å². The van der Waals surface area contributed by atoms with E-state index in [1.54, 1.807) is 0 Å². The van der Waals surface area contributed by atoms with E-state index in [0.29, 0.717) is 4.47 Å². The first kappa shape index (κ1) is 6.55. The van der Waals surface area contributed by atoms with E-state index in [9.17, 15) is 0 Å². The summed E-state index contributed by atoms with van der Waals surface area (Å²) in [4.78, 5) is 4.12. The fourth-order valence-electron chi connectivity index (χ4n) is 0.861. The van der Waals surface area contributed by atoms with Gasteiger partial charge in [-0.1, -0.05) is 6.92 Å². The van der Waals surface area contributed by atoms with Gasteiger partial charge >= 0.3 is 0 Å². The SMILES string of the molecule is CC1(c2nsc(Cl)n2)CC1. The molecule has 1 heterocycles. The van der Waals surface area contributed by atoms with Gasteiger partial charge < -0.3 is 0 Å². The molecule has 0 amide bonds. The molecular weight excluding hydrogens is 168 g/mol. The van der Waals surface area contributed by atoms with Crippen molar-refractivity contribution in [3.05, 3.63) is 10.3 Å². The molecule has 2 rings (SSSR count). The minimum atomic E-state index is 0.267. The topological polar surface area (TPSA) is 25.8 Å². The molecule has 0 spiro atoms. The van der Waals surface area contributed by atoms with Crippen molar-refractivity contribution in [2.75, 3.05) is 0 Å². The van der Waals surface area contributed by atoms with E-state index in [-0.39, 0.29) is 5.41 Å². The van der Waals surface area contributed by atoms with Crippen LogP contribution in [0.25, 0.3) is 0 Å². The number of halogens is 1. The Morgan fingerprint density at radius 2 is 2.30 bits per heavy atom. The highest BCUT2D eigenvalue weighted by Crippen LogP contribution is 2.46. The molecule has 1 aliphatic rings. The number of aromatic nitrogens is 2. The molecule has 0 radical (unpaired) electrons. The Morgan fingerprint density at radius 1 is 1.60 bits per heavy atom. The lowest BCUT2D eigenvalue weighted by molar-refractivity contribution is 0.728. The van der Waals surface area contributed by atoms with Gasteiger partial charge in [-0.2, -0.15) is 4.37 Å². The Morgan fingerprint density at radius 3 is 2.70 bits per heavy atom. The second-order valence-corrected chi connectivity index (χ2v) is 4.27. The van der Waals surface area contributed by atoms with Crippen molar-refractivity contribution in [2.45, 2.75) is 25.2 Å². The molecule has 2 nitrogen and oxygen atoms in total. The highest BCUT2D eigenvalue weighted by Gasteiger charge is 2.42. The van der Waals surface area contributed by atoms with Crippen molar-refractivity contribution in [1.29, 1.82) is 0 Å². The molecule has 0 saturated heterocycles. The molecule has 1 aromatic heterocycles. The number of nitrogens with zero attached hydrogens (tertiary/aromatic N) is 2. The van der Waals surface area contributed by atoms with Gasteiger partial charge in [-0.3, -0.25) is 0 Å². The first-order valence-corrected chi connectivity index (χ1v) is 4.35. The fraction of sp³-hybridized carbons (Fsp3) is 0.667. The lowest BCUT2D eigenvalue weighted by atomic mass is 10.1. The van der Waals surface area contributed by atoms with Gasteiger partial charge in [0, 0.05) is 5.41 Å². The third-order valence-electron chi connectivity index (χ3n) is 1.94. The summed E-state index contributed by atoms with van der Waals surface area (Å²) in [6.45, 7) is 2.17. The number of hydrogen-bond acceptors (Lipinski definition) is 3. The van der Waals surface area contributed by atoms with Gasteiger partial charge in [0.25, 0.3) is 0 Å². The van der Waals surface area contributed by atoms with Gasteiger partial charge in [-0.05, 0) is 36.0 Å². The zero-order chi connectivity index (χ0) is 7.19. The van der Waals surface area contributed by atoms with Crippen molar-refractivity contribution in [3.8, 4) is 0 Å². The lowest BCUT2D eigenvalue weighted by Gasteiger charge is -1.97. The minimum absolute atomic E-state index is 0.267. The molecule has 0 atom stereocenters. The Labute approximate surface area is 68.4 Å². The van der Waals surface area contributed by atoms with Crippen LogP contribution < -0.4 is 0 Å². The van der Waals surface area contributed by atoms with Crippen LogP contribution in [0, 0.1) is 0 Å². The second-order valence-electron chi connectivity index (χ2n) is 2.93. The minimum Gasteiger partial charge on any atom is -0.208 e. The van der Waals surface area contributed by atoms with E-state index >= 15 is 0 Å². The summed E-state index contributed by atoms with van der Waals surface area (Å²) in [6, 6.07) is 0. The molecule has 4 heteroatoms. The molecule has 1 fully saturated rings. The molecule has 0 N–H and O–H groups in total. The molecule has 10 heavy (non-hydrogen) atoms. The predicted molar refractivity (Wildman–Crippen MR) is 41.5 cm³/mol. The van der Waals surface area contributed by atoms with E-state index in [2.05, 4.69) is 16.3 Å². The summed E-state index contributed by atoms with van der Waals surface area (Å²) in [5.41, 5.74) is 0.267. The summed E-state index contributed by atoms with van der Waals surface area (Å²) in [6.07, 6.45) is 2.42. The maximum absolute atomic E-state index is 5.64. The predicted octanol–water partition coefficient (Wildman–Crippen LogP) is 2.24. The lowest BCUT2D eigenvalue weighted by Crippen LogP contribution is -2.01. The summed E-state index contributed by atoms with van der Waals surface area (Å²) in [5.74, 6) is 0.933. The van der Waals surface area contributed by atoms with Gasteiger partial charge in [0.15, 0.2) is 0 Å². The zero-order valence-electron chi connectivity index (χ0n) is 5.59. The molecule has 0 unspecified atom stereocenters. The monoisotopic (exact) mass is 174 g/mol. The van der Waals surface area contributed by atoms with Gasteiger partial charge in [0.05, 0.1) is 0 Å². The van der Waals surface area contributed by atoms with E-state index in [4.69, 9.17) is 11.6 Å². The Balaban J connectivity index is 2.34. The maximum atomic E-state index is 5.64. The zero-order valence-corrected chi connectivity index (χ0v) is 7.17. The van der Waals surface area contributed by atoms with Crippen molar-refractivity contribution >= 4 is 23.1 Å². The van der Waals surface area contributed by atoms with Crippen LogP contribution in [-0.4, -0.2) is 9.36 Å². The Kier molecular flexibility index (Phi) is 1.26. The normalized spacial score (nSPS) is 21.0. The fourth-order valence-corrected chi connectivity index (χ4v) is 1.60. The van der Waals surface area contributed by atoms with Gasteiger partial charge in [-0.15, -0.1) is 0 Å². The Hall–Kier alpha value is -0.150. The molecule has 1 saturated carbocycles. The standard InChI is InChI=1S/C6H7ClN2S/c1-6(2-3-6)4-8-5(7)10-9-4/h2-3H2,1H3. The Bertz CT molecular complexity index is 254. The van der Waals surface area contributed by atoms with E-state index in [1.165, 1.54) is 24.4 Å². The molecule has 0 aliphatic heterocycles. The molecule has 0 aromatic carbocycles. The largest absolute Gasteiger partial charge is 0.208 e. The van der Waals surface area contributed by atoms with E-state index < -0.39 is 0 Å². The quantitative estimate of drug-likeness (QED) is 0.653. The third-order valence-corrected chi connectivity index (χ3v) is 2.74. The van der Waals surface area contributed by atoms with Gasteiger partial charge in [0.2, 0.25) is 4.47 Å². The van der Waals surface area contributed by atoms with Gasteiger partial charge in [0.1, 0.15) is 5.82 Å². The second kappa shape index (κ2) is 1.92. The molecule has 0 bridgehead atoms. The summed E-state index contributed by atoms with van der Waals surface area (Å²) in [7, 11) is 0. The summed E-state index contributed by atoms with van der Waals surface area (Å²) >= 11 is 6.91. The smallest absolute Gasteiger partial charge is 0.203 e. The van der Waals surface area contributed by atoms with Crippen LogP contribution in [0.15, 0.2) is 0 Å². The van der Waals surface area contributed by atoms with Crippen LogP contribution in [0.1, 0.15) is 25.6 Å². The first-order chi connectivity index (χ1) is 4.71. The van der Waals surface area contributed by atoms with Crippen LogP contribution in [0.3, 0.4) is 0 Å². The average molecular weight is 175 g/mol. The van der Waals surface area contributed by atoms with Crippen molar-refractivity contribution in [3.63, 3.8) is 0 Å². The van der Waals surface area contributed by atoms with Crippen LogP contribution >= 0.6 is 23.1 Å². The third kappa shape index (κ3) is 0.935. The molecule has 54 valence electrons. The van der Waals surface area contributed by atoms with Gasteiger partial charge in [-0.25, -0.2) is 4.98 Å².